The number of rotatable bonds is 6. The van der Waals surface area contributed by atoms with Crippen LogP contribution in [0.2, 0.25) is 0 Å². The van der Waals surface area contributed by atoms with E-state index in [0.717, 1.165) is 5.56 Å². The van der Waals surface area contributed by atoms with Crippen LogP contribution < -0.4 is 16.2 Å². The molecule has 4 aromatic rings. The number of aliphatic hydroxyl groups excluding tert-OH is 1. The normalized spacial score (nSPS) is 11.2. The van der Waals surface area contributed by atoms with Gasteiger partial charge in [-0.15, -0.1) is 0 Å². The molecule has 9 nitrogen and oxygen atoms in total. The number of hydrogen-bond donors (Lipinski definition) is 3. The van der Waals surface area contributed by atoms with Crippen LogP contribution in [0.25, 0.3) is 11.3 Å². The minimum Gasteiger partial charge on any atom is -0.392 e. The van der Waals surface area contributed by atoms with Crippen molar-refractivity contribution in [3.63, 3.8) is 0 Å². The maximum Gasteiger partial charge on any atom is 0.290 e. The molecule has 0 unspecified atom stereocenters. The summed E-state index contributed by atoms with van der Waals surface area (Å²) in [4.78, 5) is 33.6. The molecule has 0 radical (unpaired) electrons. The van der Waals surface area contributed by atoms with Gasteiger partial charge in [0.1, 0.15) is 17.8 Å². The molecule has 0 saturated heterocycles. The van der Waals surface area contributed by atoms with E-state index in [0.29, 0.717) is 33.9 Å². The number of carbonyl (C=O) groups excluding carboxylic acids is 1. The highest BCUT2D eigenvalue weighted by Gasteiger charge is 2.18. The third kappa shape index (κ3) is 5.31. The maximum atomic E-state index is 13.0. The summed E-state index contributed by atoms with van der Waals surface area (Å²) in [7, 11) is 1.54. The molecule has 0 spiro atoms. The van der Waals surface area contributed by atoms with Crippen LogP contribution in [0, 0.1) is 0 Å². The zero-order valence-electron chi connectivity index (χ0n) is 20.6. The van der Waals surface area contributed by atoms with Crippen molar-refractivity contribution in [2.24, 2.45) is 7.05 Å². The fourth-order valence-electron chi connectivity index (χ4n) is 3.76. The van der Waals surface area contributed by atoms with E-state index in [-0.39, 0.29) is 29.2 Å². The van der Waals surface area contributed by atoms with Gasteiger partial charge in [0.25, 0.3) is 11.5 Å². The van der Waals surface area contributed by atoms with Crippen molar-refractivity contribution in [3.8, 4) is 11.3 Å². The molecule has 2 aromatic heterocycles. The van der Waals surface area contributed by atoms with E-state index in [1.54, 1.807) is 55.7 Å². The Morgan fingerprint density at radius 1 is 1.06 bits per heavy atom. The predicted octanol–water partition coefficient (Wildman–Crippen LogP) is 4.02. The average molecular weight is 485 g/mol. The highest BCUT2D eigenvalue weighted by atomic mass is 16.3. The molecule has 184 valence electrons. The fourth-order valence-corrected chi connectivity index (χ4v) is 3.76. The van der Waals surface area contributed by atoms with Gasteiger partial charge in [0.05, 0.1) is 12.3 Å². The highest BCUT2D eigenvalue weighted by Crippen LogP contribution is 2.30. The lowest BCUT2D eigenvalue weighted by molar-refractivity contribution is 0.102. The van der Waals surface area contributed by atoms with Crippen molar-refractivity contribution in [2.75, 3.05) is 10.6 Å². The van der Waals surface area contributed by atoms with Gasteiger partial charge in [-0.3, -0.25) is 9.59 Å². The summed E-state index contributed by atoms with van der Waals surface area (Å²) in [6.45, 7) is 6.00. The van der Waals surface area contributed by atoms with Gasteiger partial charge in [-0.1, -0.05) is 45.0 Å². The predicted molar refractivity (Wildman–Crippen MR) is 139 cm³/mol. The summed E-state index contributed by atoms with van der Waals surface area (Å²) in [5.41, 5.74) is 3.51. The molecule has 0 aliphatic carbocycles. The van der Waals surface area contributed by atoms with Gasteiger partial charge >= 0.3 is 0 Å². The Morgan fingerprint density at radius 3 is 2.44 bits per heavy atom. The second-order valence-electron chi connectivity index (χ2n) is 9.36. The Morgan fingerprint density at radius 2 is 1.81 bits per heavy atom. The van der Waals surface area contributed by atoms with Gasteiger partial charge in [0, 0.05) is 35.6 Å². The monoisotopic (exact) mass is 484 g/mol. The molecule has 2 aromatic carbocycles. The van der Waals surface area contributed by atoms with Gasteiger partial charge in [0.15, 0.2) is 0 Å². The summed E-state index contributed by atoms with van der Waals surface area (Å²) in [6.07, 6.45) is 2.94. The van der Waals surface area contributed by atoms with E-state index in [2.05, 4.69) is 46.5 Å². The molecule has 36 heavy (non-hydrogen) atoms. The first-order chi connectivity index (χ1) is 17.2. The maximum absolute atomic E-state index is 13.0. The Labute approximate surface area is 208 Å². The molecule has 9 heteroatoms. The SMILES string of the molecule is Cn1nc(-c2cccc(NC(=O)c3ccc(C(C)(C)C)cc3)c2CO)cc(Nc2ccncn2)c1=O. The number of aliphatic hydroxyl groups is 1. The number of nitrogens with one attached hydrogen (secondary N) is 2. The van der Waals surface area contributed by atoms with E-state index in [1.807, 2.05) is 12.1 Å². The largest absolute Gasteiger partial charge is 0.392 e. The van der Waals surface area contributed by atoms with Crippen molar-refractivity contribution in [1.29, 1.82) is 0 Å². The van der Waals surface area contributed by atoms with Crippen LogP contribution in [0.1, 0.15) is 42.3 Å². The molecule has 4 rings (SSSR count). The van der Waals surface area contributed by atoms with Crippen LogP contribution in [0.3, 0.4) is 0 Å². The van der Waals surface area contributed by atoms with Gasteiger partial charge < -0.3 is 15.7 Å². The van der Waals surface area contributed by atoms with E-state index in [9.17, 15) is 14.7 Å². The van der Waals surface area contributed by atoms with Gasteiger partial charge in [-0.05, 0) is 41.3 Å². The smallest absolute Gasteiger partial charge is 0.290 e. The van der Waals surface area contributed by atoms with E-state index < -0.39 is 0 Å². The Bertz CT molecular complexity index is 1440. The van der Waals surface area contributed by atoms with Crippen molar-refractivity contribution < 1.29 is 9.90 Å². The van der Waals surface area contributed by atoms with Gasteiger partial charge in [-0.25, -0.2) is 14.6 Å². The minimum atomic E-state index is -0.342. The quantitative estimate of drug-likeness (QED) is 0.378. The van der Waals surface area contributed by atoms with Crippen molar-refractivity contribution in [2.45, 2.75) is 32.8 Å². The molecule has 0 atom stereocenters. The zero-order chi connectivity index (χ0) is 25.9. The van der Waals surface area contributed by atoms with Crippen LogP contribution in [0.4, 0.5) is 17.2 Å². The lowest BCUT2D eigenvalue weighted by atomic mass is 9.86. The molecular formula is C27H28N6O3. The number of carbonyl (C=O) groups is 1. The fraction of sp³-hybridized carbons (Fsp3) is 0.222. The molecule has 2 heterocycles. The third-order valence-electron chi connectivity index (χ3n) is 5.78. The molecule has 1 amide bonds. The number of hydrogen-bond acceptors (Lipinski definition) is 7. The number of aryl methyl sites for hydroxylation is 1. The van der Waals surface area contributed by atoms with Crippen LogP contribution in [-0.2, 0) is 19.1 Å². The van der Waals surface area contributed by atoms with E-state index in [4.69, 9.17) is 0 Å². The van der Waals surface area contributed by atoms with Crippen LogP contribution in [0.5, 0.6) is 0 Å². The highest BCUT2D eigenvalue weighted by molar-refractivity contribution is 6.05. The molecule has 0 saturated carbocycles. The number of anilines is 3. The third-order valence-corrected chi connectivity index (χ3v) is 5.78. The van der Waals surface area contributed by atoms with Crippen molar-refractivity contribution in [1.82, 2.24) is 19.7 Å². The van der Waals surface area contributed by atoms with Gasteiger partial charge in [0.2, 0.25) is 0 Å². The van der Waals surface area contributed by atoms with Crippen molar-refractivity contribution in [3.05, 3.63) is 94.2 Å². The van der Waals surface area contributed by atoms with E-state index in [1.165, 1.54) is 11.0 Å². The second-order valence-corrected chi connectivity index (χ2v) is 9.36. The first-order valence-corrected chi connectivity index (χ1v) is 11.4. The summed E-state index contributed by atoms with van der Waals surface area (Å²) in [6, 6.07) is 16.0. The Balaban J connectivity index is 1.67. The van der Waals surface area contributed by atoms with E-state index >= 15 is 0 Å². The molecule has 0 aliphatic heterocycles. The van der Waals surface area contributed by atoms with Crippen LogP contribution in [-0.4, -0.2) is 30.8 Å². The summed E-state index contributed by atoms with van der Waals surface area (Å²) < 4.78 is 1.21. The zero-order valence-corrected chi connectivity index (χ0v) is 20.6. The summed E-state index contributed by atoms with van der Waals surface area (Å²) >= 11 is 0. The lowest BCUT2D eigenvalue weighted by Gasteiger charge is -2.19. The van der Waals surface area contributed by atoms with Gasteiger partial charge in [-0.2, -0.15) is 5.10 Å². The first kappa shape index (κ1) is 24.7. The topological polar surface area (TPSA) is 122 Å². The molecule has 3 N–H and O–H groups in total. The minimum absolute atomic E-state index is 0.0165. The number of benzene rings is 2. The molecular weight excluding hydrogens is 456 g/mol. The first-order valence-electron chi connectivity index (χ1n) is 11.4. The molecule has 0 aliphatic rings. The molecule has 0 fully saturated rings. The lowest BCUT2D eigenvalue weighted by Crippen LogP contribution is -2.23. The number of aromatic nitrogens is 4. The van der Waals surface area contributed by atoms with Crippen LogP contribution in [0.15, 0.2) is 71.9 Å². The second kappa shape index (κ2) is 10.1. The standard InChI is InChI=1S/C27H28N6O3/c1-27(2,3)18-10-8-17(9-11-18)25(35)31-21-7-5-6-19(20(21)15-34)22-14-23(26(36)33(4)32-22)30-24-12-13-28-16-29-24/h5-14,16,34H,15H2,1-4H3,(H,31,35)(H,28,29,30). The number of amides is 1. The average Bonchev–Trinajstić information content (AvgIpc) is 2.86. The Hall–Kier alpha value is -4.37. The summed E-state index contributed by atoms with van der Waals surface area (Å²) in [5, 5.41) is 20.5. The number of nitrogens with zero attached hydrogens (tertiary/aromatic N) is 4. The Kier molecular flexibility index (Phi) is 6.93. The summed E-state index contributed by atoms with van der Waals surface area (Å²) in [5.74, 6) is 0.168. The van der Waals surface area contributed by atoms with Crippen molar-refractivity contribution >= 4 is 23.1 Å². The van der Waals surface area contributed by atoms with Crippen LogP contribution >= 0.6 is 0 Å². The molecule has 0 bridgehead atoms.